The maximum Gasteiger partial charge on any atom is 0.253 e. The number of halogens is 1. The van der Waals surface area contributed by atoms with E-state index in [-0.39, 0.29) is 11.9 Å². The van der Waals surface area contributed by atoms with Gasteiger partial charge in [0.25, 0.3) is 5.91 Å². The van der Waals surface area contributed by atoms with E-state index in [1.54, 1.807) is 30.3 Å². The molecule has 0 saturated heterocycles. The third kappa shape index (κ3) is 2.98. The average Bonchev–Trinajstić information content (AvgIpc) is 2.74. The van der Waals surface area contributed by atoms with Gasteiger partial charge < -0.3 is 15.5 Å². The smallest absolute Gasteiger partial charge is 0.253 e. The van der Waals surface area contributed by atoms with Gasteiger partial charge in [-0.25, -0.2) is 0 Å². The lowest BCUT2D eigenvalue weighted by Crippen LogP contribution is -2.46. The number of carbonyl (C=O) groups is 1. The molecule has 2 heterocycles. The molecule has 1 aromatic rings. The molecule has 2 N–H and O–H groups in total. The van der Waals surface area contributed by atoms with E-state index in [0.29, 0.717) is 10.7 Å². The van der Waals surface area contributed by atoms with Crippen LogP contribution in [-0.2, 0) is 4.79 Å². The van der Waals surface area contributed by atoms with Crippen LogP contribution in [0.25, 0.3) is 0 Å². The van der Waals surface area contributed by atoms with Gasteiger partial charge in [0.1, 0.15) is 0 Å². The van der Waals surface area contributed by atoms with Crippen LogP contribution in [-0.4, -0.2) is 30.0 Å². The van der Waals surface area contributed by atoms with E-state index >= 15 is 0 Å². The summed E-state index contributed by atoms with van der Waals surface area (Å²) in [5.74, 6) is -0.0190. The molecule has 1 aliphatic heterocycles. The van der Waals surface area contributed by atoms with Crippen LogP contribution in [0.15, 0.2) is 27.2 Å². The Hall–Kier alpha value is -0.920. The summed E-state index contributed by atoms with van der Waals surface area (Å²) in [4.78, 5) is 15.0. The molecule has 0 fully saturated rings. The molecule has 0 aromatic carbocycles. The first kappa shape index (κ1) is 14.5. The van der Waals surface area contributed by atoms with Crippen LogP contribution >= 0.6 is 39.5 Å². The van der Waals surface area contributed by atoms with E-state index in [0.717, 1.165) is 14.4 Å². The van der Waals surface area contributed by atoms with Crippen LogP contribution in [0, 0.1) is 0 Å². The zero-order valence-electron chi connectivity index (χ0n) is 10.8. The number of amides is 1. The van der Waals surface area contributed by atoms with Crippen LogP contribution in [0.1, 0.15) is 17.8 Å². The quantitative estimate of drug-likeness (QED) is 0.795. The molecule has 7 heteroatoms. The average molecular weight is 360 g/mol. The van der Waals surface area contributed by atoms with Crippen molar-refractivity contribution in [3.8, 4) is 0 Å². The molecule has 102 valence electrons. The highest BCUT2D eigenvalue weighted by molar-refractivity contribution is 9.11. The first-order chi connectivity index (χ1) is 8.90. The Kier molecular flexibility index (Phi) is 4.27. The number of hydrogen-bond acceptors (Lipinski definition) is 3. The van der Waals surface area contributed by atoms with Gasteiger partial charge in [-0.15, -0.1) is 11.3 Å². The summed E-state index contributed by atoms with van der Waals surface area (Å²) in [5.41, 5.74) is 1.50. The minimum atomic E-state index is -0.194. The topological polar surface area (TPSA) is 44.4 Å². The van der Waals surface area contributed by atoms with Crippen molar-refractivity contribution in [1.82, 2.24) is 15.5 Å². The lowest BCUT2D eigenvalue weighted by atomic mass is 10.0. The first-order valence-electron chi connectivity index (χ1n) is 5.65. The highest BCUT2D eigenvalue weighted by Crippen LogP contribution is 2.34. The molecule has 0 radical (unpaired) electrons. The molecule has 0 aliphatic carbocycles. The summed E-state index contributed by atoms with van der Waals surface area (Å²) in [5, 5.41) is 6.73. The highest BCUT2D eigenvalue weighted by Gasteiger charge is 2.31. The predicted octanol–water partition coefficient (Wildman–Crippen LogP) is 2.39. The van der Waals surface area contributed by atoms with Crippen LogP contribution in [0.5, 0.6) is 0 Å². The second-order valence-corrected chi connectivity index (χ2v) is 7.31. The molecule has 1 amide bonds. The molecular weight excluding hydrogens is 346 g/mol. The summed E-state index contributed by atoms with van der Waals surface area (Å²) in [7, 11) is 3.49. The van der Waals surface area contributed by atoms with Crippen LogP contribution in [0.2, 0.25) is 0 Å². The van der Waals surface area contributed by atoms with Gasteiger partial charge in [-0.3, -0.25) is 4.79 Å². The maximum atomic E-state index is 12.3. The molecule has 0 bridgehead atoms. The van der Waals surface area contributed by atoms with E-state index in [1.807, 2.05) is 19.1 Å². The Labute approximate surface area is 130 Å². The fourth-order valence-corrected chi connectivity index (χ4v) is 3.67. The predicted molar refractivity (Wildman–Crippen MR) is 85.0 cm³/mol. The Morgan fingerprint density at radius 3 is 2.68 bits per heavy atom. The van der Waals surface area contributed by atoms with E-state index in [4.69, 9.17) is 12.2 Å². The maximum absolute atomic E-state index is 12.3. The lowest BCUT2D eigenvalue weighted by Gasteiger charge is -2.30. The Morgan fingerprint density at radius 2 is 2.16 bits per heavy atom. The third-order valence-corrected chi connectivity index (χ3v) is 4.69. The van der Waals surface area contributed by atoms with Crippen molar-refractivity contribution in [1.29, 1.82) is 0 Å². The number of thiophene rings is 1. The number of carbonyl (C=O) groups excluding carboxylic acids is 1. The molecule has 0 spiro atoms. The van der Waals surface area contributed by atoms with Gasteiger partial charge in [0.05, 0.1) is 15.4 Å². The molecule has 19 heavy (non-hydrogen) atoms. The second kappa shape index (κ2) is 5.60. The monoisotopic (exact) mass is 359 g/mol. The summed E-state index contributed by atoms with van der Waals surface area (Å²) < 4.78 is 1.03. The van der Waals surface area contributed by atoms with Gasteiger partial charge in [-0.1, -0.05) is 0 Å². The van der Waals surface area contributed by atoms with Gasteiger partial charge in [0.2, 0.25) is 0 Å². The molecule has 0 unspecified atom stereocenters. The van der Waals surface area contributed by atoms with Gasteiger partial charge in [0, 0.05) is 24.7 Å². The number of rotatable bonds is 2. The highest BCUT2D eigenvalue weighted by atomic mass is 79.9. The van der Waals surface area contributed by atoms with Crippen molar-refractivity contribution in [3.05, 3.63) is 32.1 Å². The molecule has 1 aliphatic rings. The van der Waals surface area contributed by atoms with Gasteiger partial charge >= 0.3 is 0 Å². The minimum Gasteiger partial charge on any atom is -0.350 e. The molecule has 1 atom stereocenters. The summed E-state index contributed by atoms with van der Waals surface area (Å²) >= 11 is 10.2. The summed E-state index contributed by atoms with van der Waals surface area (Å²) in [6, 6.07) is 3.77. The summed E-state index contributed by atoms with van der Waals surface area (Å²) in [6.07, 6.45) is 0. The van der Waals surface area contributed by atoms with Crippen molar-refractivity contribution in [2.75, 3.05) is 14.1 Å². The summed E-state index contributed by atoms with van der Waals surface area (Å²) in [6.45, 7) is 1.87. The van der Waals surface area contributed by atoms with E-state index < -0.39 is 0 Å². The molecule has 2 rings (SSSR count). The Morgan fingerprint density at radius 1 is 1.47 bits per heavy atom. The number of thiocarbonyl (C=S) groups is 1. The van der Waals surface area contributed by atoms with E-state index in [2.05, 4.69) is 26.6 Å². The van der Waals surface area contributed by atoms with Crippen molar-refractivity contribution >= 4 is 50.5 Å². The van der Waals surface area contributed by atoms with Crippen LogP contribution in [0.4, 0.5) is 0 Å². The van der Waals surface area contributed by atoms with Crippen LogP contribution < -0.4 is 10.6 Å². The first-order valence-corrected chi connectivity index (χ1v) is 7.67. The van der Waals surface area contributed by atoms with E-state index in [9.17, 15) is 4.79 Å². The molecule has 0 saturated carbocycles. The third-order valence-electron chi connectivity index (χ3n) is 2.78. The van der Waals surface area contributed by atoms with Crippen molar-refractivity contribution in [2.45, 2.75) is 13.0 Å². The van der Waals surface area contributed by atoms with Crippen molar-refractivity contribution in [2.24, 2.45) is 0 Å². The van der Waals surface area contributed by atoms with Gasteiger partial charge in [0.15, 0.2) is 5.11 Å². The van der Waals surface area contributed by atoms with Crippen molar-refractivity contribution < 1.29 is 4.79 Å². The van der Waals surface area contributed by atoms with Crippen molar-refractivity contribution in [3.63, 3.8) is 0 Å². The number of nitrogens with one attached hydrogen (secondary N) is 2. The van der Waals surface area contributed by atoms with Gasteiger partial charge in [-0.05, 0) is 47.2 Å². The standard InChI is InChI=1S/C12H14BrN3OS2/c1-6-9(11(17)16(2)3)10(15-12(18)14-6)7-4-5-8(13)19-7/h4-5,10H,1-3H3,(H2,14,15,18)/t10-/m1/s1. The number of nitrogens with zero attached hydrogens (tertiary/aromatic N) is 1. The minimum absolute atomic E-state index is 0.0190. The van der Waals surface area contributed by atoms with Crippen LogP contribution in [0.3, 0.4) is 0 Å². The zero-order chi connectivity index (χ0) is 14.2. The lowest BCUT2D eigenvalue weighted by molar-refractivity contribution is -0.125. The zero-order valence-corrected chi connectivity index (χ0v) is 14.0. The van der Waals surface area contributed by atoms with Gasteiger partial charge in [-0.2, -0.15) is 0 Å². The molecule has 1 aromatic heterocycles. The largest absolute Gasteiger partial charge is 0.350 e. The fourth-order valence-electron chi connectivity index (χ4n) is 1.92. The number of allylic oxidation sites excluding steroid dienone is 1. The number of likely N-dealkylation sites (N-methyl/N-ethyl adjacent to an activating group) is 1. The molecular formula is C12H14BrN3OS2. The fraction of sp³-hybridized carbons (Fsp3) is 0.333. The normalized spacial score (nSPS) is 18.9. The number of hydrogen-bond donors (Lipinski definition) is 2. The Bertz CT molecular complexity index is 565. The molecule has 4 nitrogen and oxygen atoms in total. The SMILES string of the molecule is CC1=C(C(=O)N(C)C)[C@@H](c2ccc(Br)s2)NC(=S)N1. The Balaban J connectivity index is 2.46. The van der Waals surface area contributed by atoms with E-state index in [1.165, 1.54) is 0 Å². The second-order valence-electron chi connectivity index (χ2n) is 4.41.